The molecule has 100 valence electrons. The number of halogens is 1. The first-order chi connectivity index (χ1) is 8.34. The number of thioether (sulfide) groups is 1. The van der Waals surface area contributed by atoms with Crippen LogP contribution in [0.5, 0.6) is 0 Å². The quantitative estimate of drug-likeness (QED) is 0.642. The second-order valence-electron chi connectivity index (χ2n) is 4.76. The van der Waals surface area contributed by atoms with Gasteiger partial charge in [0.15, 0.2) is 0 Å². The van der Waals surface area contributed by atoms with E-state index in [1.54, 1.807) is 0 Å². The average Bonchev–Trinajstić information content (AvgIpc) is 2.27. The lowest BCUT2D eigenvalue weighted by molar-refractivity contribution is -0.120. The molecular formula is C13H19BrN2OS. The summed E-state index contributed by atoms with van der Waals surface area (Å²) in [5.74, 6) is 0.460. The van der Waals surface area contributed by atoms with E-state index < -0.39 is 0 Å². The van der Waals surface area contributed by atoms with E-state index in [1.807, 2.05) is 32.0 Å². The van der Waals surface area contributed by atoms with E-state index in [-0.39, 0.29) is 11.4 Å². The normalized spacial score (nSPS) is 11.3. The predicted octanol–water partition coefficient (Wildman–Crippen LogP) is 3.43. The van der Waals surface area contributed by atoms with Gasteiger partial charge in [0.2, 0.25) is 5.91 Å². The highest BCUT2D eigenvalue weighted by Crippen LogP contribution is 2.29. The average molecular weight is 331 g/mol. The Morgan fingerprint density at radius 3 is 2.72 bits per heavy atom. The van der Waals surface area contributed by atoms with Gasteiger partial charge in [-0.3, -0.25) is 4.79 Å². The van der Waals surface area contributed by atoms with E-state index in [1.165, 1.54) is 11.8 Å². The van der Waals surface area contributed by atoms with Crippen molar-refractivity contribution < 1.29 is 4.79 Å². The van der Waals surface area contributed by atoms with Crippen molar-refractivity contribution in [3.8, 4) is 0 Å². The standard InChI is InChI=1S/C13H19BrN2OS/c1-4-13(2,3)16-12(17)8-18-11-6-5-9(15)7-10(11)14/h5-7H,4,8,15H2,1-3H3,(H,16,17). The van der Waals surface area contributed by atoms with Gasteiger partial charge in [-0.05, 0) is 54.4 Å². The molecule has 1 aromatic carbocycles. The molecule has 1 rings (SSSR count). The minimum atomic E-state index is -0.143. The van der Waals surface area contributed by atoms with Crippen molar-refractivity contribution in [3.63, 3.8) is 0 Å². The summed E-state index contributed by atoms with van der Waals surface area (Å²) in [7, 11) is 0. The monoisotopic (exact) mass is 330 g/mol. The Bertz CT molecular complexity index is 435. The molecule has 0 atom stereocenters. The highest BCUT2D eigenvalue weighted by Gasteiger charge is 2.17. The van der Waals surface area contributed by atoms with Gasteiger partial charge >= 0.3 is 0 Å². The van der Waals surface area contributed by atoms with Crippen LogP contribution in [0, 0.1) is 0 Å². The van der Waals surface area contributed by atoms with Crippen molar-refractivity contribution >= 4 is 39.3 Å². The summed E-state index contributed by atoms with van der Waals surface area (Å²) in [5.41, 5.74) is 6.23. The molecule has 0 aromatic heterocycles. The summed E-state index contributed by atoms with van der Waals surface area (Å²) in [4.78, 5) is 12.8. The lowest BCUT2D eigenvalue weighted by Crippen LogP contribution is -2.43. The zero-order valence-electron chi connectivity index (χ0n) is 10.9. The van der Waals surface area contributed by atoms with Crippen LogP contribution in [-0.4, -0.2) is 17.2 Å². The van der Waals surface area contributed by atoms with E-state index in [0.29, 0.717) is 11.4 Å². The third-order valence-corrected chi connectivity index (χ3v) is 4.67. The largest absolute Gasteiger partial charge is 0.399 e. The number of nitrogens with one attached hydrogen (secondary N) is 1. The van der Waals surface area contributed by atoms with E-state index in [0.717, 1.165) is 15.8 Å². The van der Waals surface area contributed by atoms with Gasteiger partial charge in [0.25, 0.3) is 0 Å². The van der Waals surface area contributed by atoms with Gasteiger partial charge in [0, 0.05) is 20.6 Å². The Kier molecular flexibility index (Phi) is 5.53. The van der Waals surface area contributed by atoms with Crippen LogP contribution in [0.3, 0.4) is 0 Å². The fourth-order valence-electron chi connectivity index (χ4n) is 1.28. The SMILES string of the molecule is CCC(C)(C)NC(=O)CSc1ccc(N)cc1Br. The van der Waals surface area contributed by atoms with Crippen molar-refractivity contribution in [2.24, 2.45) is 0 Å². The molecule has 0 aliphatic rings. The Balaban J connectivity index is 2.53. The Hall–Kier alpha value is -0.680. The molecule has 1 amide bonds. The smallest absolute Gasteiger partial charge is 0.230 e. The topological polar surface area (TPSA) is 55.1 Å². The van der Waals surface area contributed by atoms with Crippen molar-refractivity contribution in [1.82, 2.24) is 5.32 Å². The molecule has 0 unspecified atom stereocenters. The van der Waals surface area contributed by atoms with Crippen LogP contribution in [0.4, 0.5) is 5.69 Å². The van der Waals surface area contributed by atoms with Gasteiger partial charge in [-0.1, -0.05) is 6.92 Å². The van der Waals surface area contributed by atoms with Crippen LogP contribution in [-0.2, 0) is 4.79 Å². The third-order valence-electron chi connectivity index (χ3n) is 2.68. The predicted molar refractivity (Wildman–Crippen MR) is 81.8 cm³/mol. The number of anilines is 1. The van der Waals surface area contributed by atoms with Crippen molar-refractivity contribution in [3.05, 3.63) is 22.7 Å². The van der Waals surface area contributed by atoms with Gasteiger partial charge in [-0.15, -0.1) is 11.8 Å². The van der Waals surface area contributed by atoms with Crippen LogP contribution < -0.4 is 11.1 Å². The zero-order chi connectivity index (χ0) is 13.8. The first-order valence-electron chi connectivity index (χ1n) is 5.83. The maximum Gasteiger partial charge on any atom is 0.230 e. The summed E-state index contributed by atoms with van der Waals surface area (Å²) in [6.45, 7) is 6.10. The highest BCUT2D eigenvalue weighted by molar-refractivity contribution is 9.10. The molecule has 0 bridgehead atoms. The summed E-state index contributed by atoms with van der Waals surface area (Å²) < 4.78 is 0.926. The lowest BCUT2D eigenvalue weighted by Gasteiger charge is -2.24. The minimum absolute atomic E-state index is 0.0515. The molecule has 0 saturated carbocycles. The molecule has 1 aromatic rings. The Morgan fingerprint density at radius 1 is 1.50 bits per heavy atom. The number of carbonyl (C=O) groups is 1. The second kappa shape index (κ2) is 6.48. The second-order valence-corrected chi connectivity index (χ2v) is 6.64. The number of amides is 1. The molecule has 0 fully saturated rings. The third kappa shape index (κ3) is 4.90. The number of carbonyl (C=O) groups excluding carboxylic acids is 1. The van der Waals surface area contributed by atoms with Crippen LogP contribution in [0.25, 0.3) is 0 Å². The molecule has 18 heavy (non-hydrogen) atoms. The van der Waals surface area contributed by atoms with E-state index in [2.05, 4.69) is 28.2 Å². The molecule has 0 heterocycles. The zero-order valence-corrected chi connectivity index (χ0v) is 13.3. The first-order valence-corrected chi connectivity index (χ1v) is 7.61. The minimum Gasteiger partial charge on any atom is -0.399 e. The van der Waals surface area contributed by atoms with Crippen LogP contribution >= 0.6 is 27.7 Å². The molecular weight excluding hydrogens is 312 g/mol. The number of hydrogen-bond donors (Lipinski definition) is 2. The van der Waals surface area contributed by atoms with Crippen LogP contribution in [0.1, 0.15) is 27.2 Å². The number of nitrogens with two attached hydrogens (primary N) is 1. The van der Waals surface area contributed by atoms with Crippen LogP contribution in [0.2, 0.25) is 0 Å². The lowest BCUT2D eigenvalue weighted by atomic mass is 10.0. The fourth-order valence-corrected chi connectivity index (χ4v) is 2.74. The number of hydrogen-bond acceptors (Lipinski definition) is 3. The number of rotatable bonds is 5. The number of benzene rings is 1. The Morgan fingerprint density at radius 2 is 2.17 bits per heavy atom. The molecule has 5 heteroatoms. The molecule has 0 spiro atoms. The van der Waals surface area contributed by atoms with Crippen molar-refractivity contribution in [2.75, 3.05) is 11.5 Å². The van der Waals surface area contributed by atoms with Gasteiger partial charge in [0.05, 0.1) is 5.75 Å². The van der Waals surface area contributed by atoms with E-state index in [9.17, 15) is 4.79 Å². The Labute approximate surface area is 121 Å². The molecule has 0 radical (unpaired) electrons. The van der Waals surface area contributed by atoms with E-state index >= 15 is 0 Å². The van der Waals surface area contributed by atoms with Crippen LogP contribution in [0.15, 0.2) is 27.6 Å². The molecule has 3 N–H and O–H groups in total. The maximum absolute atomic E-state index is 11.8. The maximum atomic E-state index is 11.8. The molecule has 0 aliphatic carbocycles. The highest BCUT2D eigenvalue weighted by atomic mass is 79.9. The summed E-state index contributed by atoms with van der Waals surface area (Å²) >= 11 is 4.94. The first kappa shape index (κ1) is 15.4. The van der Waals surface area contributed by atoms with E-state index in [4.69, 9.17) is 5.73 Å². The molecule has 3 nitrogen and oxygen atoms in total. The van der Waals surface area contributed by atoms with Gasteiger partial charge in [-0.2, -0.15) is 0 Å². The summed E-state index contributed by atoms with van der Waals surface area (Å²) in [5, 5.41) is 3.01. The van der Waals surface area contributed by atoms with Crippen molar-refractivity contribution in [2.45, 2.75) is 37.6 Å². The van der Waals surface area contributed by atoms with Gasteiger partial charge in [-0.25, -0.2) is 0 Å². The summed E-state index contributed by atoms with van der Waals surface area (Å²) in [6.07, 6.45) is 0.912. The van der Waals surface area contributed by atoms with Crippen molar-refractivity contribution in [1.29, 1.82) is 0 Å². The fraction of sp³-hybridized carbons (Fsp3) is 0.462. The molecule has 0 aliphatic heterocycles. The molecule has 0 saturated heterocycles. The number of nitrogen functional groups attached to an aromatic ring is 1. The summed E-state index contributed by atoms with van der Waals surface area (Å²) in [6, 6.07) is 5.60. The van der Waals surface area contributed by atoms with Gasteiger partial charge < -0.3 is 11.1 Å². The van der Waals surface area contributed by atoms with Gasteiger partial charge in [0.1, 0.15) is 0 Å².